The van der Waals surface area contributed by atoms with Gasteiger partial charge in [-0.05, 0) is 33.4 Å². The van der Waals surface area contributed by atoms with Crippen LogP contribution in [0.25, 0.3) is 10.2 Å². The first-order chi connectivity index (χ1) is 8.72. The minimum absolute atomic E-state index is 0.566. The van der Waals surface area contributed by atoms with Gasteiger partial charge in [0.05, 0.1) is 5.39 Å². The van der Waals surface area contributed by atoms with E-state index in [2.05, 4.69) is 37.3 Å². The average Bonchev–Trinajstić information content (AvgIpc) is 2.95. The van der Waals surface area contributed by atoms with Crippen LogP contribution in [0, 0.1) is 0 Å². The van der Waals surface area contributed by atoms with Gasteiger partial charge in [0.1, 0.15) is 10.6 Å². The van der Waals surface area contributed by atoms with Crippen molar-refractivity contribution in [3.8, 4) is 0 Å². The van der Waals surface area contributed by atoms with E-state index in [4.69, 9.17) is 5.73 Å². The average molecular weight is 358 g/mol. The van der Waals surface area contributed by atoms with Crippen molar-refractivity contribution in [2.45, 2.75) is 10.9 Å². The fraction of sp³-hybridized carbons (Fsp3) is 0.0909. The molecule has 0 unspecified atom stereocenters. The van der Waals surface area contributed by atoms with Crippen LogP contribution in [0.5, 0.6) is 0 Å². The standard InChI is InChI=1S/C11H8BrN3S3/c12-6-3-7(17-4-6)5-18-11-14-9(13)8-1-2-16-10(8)15-11/h1-4H,5H2,(H2,13,14,15). The molecule has 3 nitrogen and oxygen atoms in total. The SMILES string of the molecule is Nc1nc(SCc2cc(Br)cs2)nc2sccc12. The second-order valence-corrected chi connectivity index (χ2v) is 7.30. The van der Waals surface area contributed by atoms with E-state index >= 15 is 0 Å². The van der Waals surface area contributed by atoms with Crippen molar-refractivity contribution < 1.29 is 0 Å². The smallest absolute Gasteiger partial charge is 0.191 e. The highest BCUT2D eigenvalue weighted by Gasteiger charge is 2.07. The molecular formula is C11H8BrN3S3. The first-order valence-electron chi connectivity index (χ1n) is 5.09. The van der Waals surface area contributed by atoms with Gasteiger partial charge in [0, 0.05) is 20.5 Å². The molecule has 92 valence electrons. The summed E-state index contributed by atoms with van der Waals surface area (Å²) in [5.74, 6) is 1.43. The molecule has 3 aromatic rings. The van der Waals surface area contributed by atoms with Gasteiger partial charge in [0.25, 0.3) is 0 Å². The molecule has 3 aromatic heterocycles. The zero-order valence-corrected chi connectivity index (χ0v) is 13.1. The molecule has 0 fully saturated rings. The Balaban J connectivity index is 1.82. The number of nitrogens with zero attached hydrogens (tertiary/aromatic N) is 2. The first kappa shape index (κ1) is 12.4. The van der Waals surface area contributed by atoms with E-state index in [0.29, 0.717) is 5.82 Å². The third-order valence-electron chi connectivity index (χ3n) is 2.30. The van der Waals surface area contributed by atoms with Crippen molar-refractivity contribution in [2.75, 3.05) is 5.73 Å². The lowest BCUT2D eigenvalue weighted by Gasteiger charge is -2.01. The van der Waals surface area contributed by atoms with Crippen molar-refractivity contribution in [1.29, 1.82) is 0 Å². The number of thioether (sulfide) groups is 1. The topological polar surface area (TPSA) is 51.8 Å². The van der Waals surface area contributed by atoms with E-state index in [-0.39, 0.29) is 0 Å². The summed E-state index contributed by atoms with van der Waals surface area (Å²) in [6, 6.07) is 4.07. The number of anilines is 1. The highest BCUT2D eigenvalue weighted by atomic mass is 79.9. The number of halogens is 1. The van der Waals surface area contributed by atoms with Crippen LogP contribution in [-0.4, -0.2) is 9.97 Å². The van der Waals surface area contributed by atoms with Gasteiger partial charge in [0.15, 0.2) is 5.16 Å². The lowest BCUT2D eigenvalue weighted by Crippen LogP contribution is -1.94. The summed E-state index contributed by atoms with van der Waals surface area (Å²) in [5, 5.41) is 5.75. The molecule has 3 heterocycles. The summed E-state index contributed by atoms with van der Waals surface area (Å²) < 4.78 is 1.12. The maximum atomic E-state index is 5.91. The Morgan fingerprint density at radius 3 is 3.00 bits per heavy atom. The molecule has 18 heavy (non-hydrogen) atoms. The summed E-state index contributed by atoms with van der Waals surface area (Å²) in [6.45, 7) is 0. The molecule has 0 radical (unpaired) electrons. The summed E-state index contributed by atoms with van der Waals surface area (Å²) in [5.41, 5.74) is 5.91. The monoisotopic (exact) mass is 357 g/mol. The Bertz CT molecular complexity index is 692. The highest BCUT2D eigenvalue weighted by molar-refractivity contribution is 9.10. The molecule has 0 saturated carbocycles. The number of aromatic nitrogens is 2. The summed E-state index contributed by atoms with van der Waals surface area (Å²) in [6.07, 6.45) is 0. The second kappa shape index (κ2) is 5.16. The molecule has 0 spiro atoms. The predicted molar refractivity (Wildman–Crippen MR) is 83.4 cm³/mol. The van der Waals surface area contributed by atoms with E-state index in [9.17, 15) is 0 Å². The Morgan fingerprint density at radius 2 is 2.22 bits per heavy atom. The van der Waals surface area contributed by atoms with Crippen LogP contribution in [0.1, 0.15) is 4.88 Å². The second-order valence-electron chi connectivity index (χ2n) is 3.55. The normalized spacial score (nSPS) is 11.2. The Labute approximate surface area is 125 Å². The molecule has 0 amide bonds. The largest absolute Gasteiger partial charge is 0.383 e. The number of rotatable bonds is 3. The van der Waals surface area contributed by atoms with E-state index in [1.165, 1.54) is 4.88 Å². The Kier molecular flexibility index (Phi) is 3.56. The molecule has 0 aliphatic rings. The van der Waals surface area contributed by atoms with Crippen LogP contribution >= 0.6 is 50.4 Å². The highest BCUT2D eigenvalue weighted by Crippen LogP contribution is 2.30. The maximum absolute atomic E-state index is 5.91. The van der Waals surface area contributed by atoms with E-state index in [0.717, 1.165) is 25.6 Å². The van der Waals surface area contributed by atoms with Gasteiger partial charge >= 0.3 is 0 Å². The lowest BCUT2D eigenvalue weighted by molar-refractivity contribution is 1.02. The molecule has 7 heteroatoms. The van der Waals surface area contributed by atoms with Crippen LogP contribution in [0.15, 0.2) is 32.5 Å². The zero-order valence-electron chi connectivity index (χ0n) is 9.09. The third kappa shape index (κ3) is 2.54. The fourth-order valence-corrected chi connectivity index (χ4v) is 4.67. The number of fused-ring (bicyclic) bond motifs is 1. The fourth-order valence-electron chi connectivity index (χ4n) is 1.49. The molecule has 0 bridgehead atoms. The molecule has 0 aliphatic heterocycles. The third-order valence-corrected chi connectivity index (χ3v) is 5.88. The van der Waals surface area contributed by atoms with Crippen molar-refractivity contribution in [1.82, 2.24) is 9.97 Å². The number of thiophene rings is 2. The minimum Gasteiger partial charge on any atom is -0.383 e. The van der Waals surface area contributed by atoms with E-state index < -0.39 is 0 Å². The van der Waals surface area contributed by atoms with Gasteiger partial charge in [-0.1, -0.05) is 11.8 Å². The molecule has 2 N–H and O–H groups in total. The van der Waals surface area contributed by atoms with Gasteiger partial charge in [-0.2, -0.15) is 0 Å². The summed E-state index contributed by atoms with van der Waals surface area (Å²) >= 11 is 8.38. The number of nitrogens with two attached hydrogens (primary N) is 1. The molecule has 0 aliphatic carbocycles. The van der Waals surface area contributed by atoms with Gasteiger partial charge in [-0.3, -0.25) is 0 Å². The van der Waals surface area contributed by atoms with Gasteiger partial charge in [0.2, 0.25) is 0 Å². The van der Waals surface area contributed by atoms with Crippen molar-refractivity contribution >= 4 is 66.4 Å². The number of nitrogen functional groups attached to an aromatic ring is 1. The van der Waals surface area contributed by atoms with Crippen LogP contribution in [-0.2, 0) is 5.75 Å². The molecule has 3 rings (SSSR count). The lowest BCUT2D eigenvalue weighted by atomic mass is 10.4. The van der Waals surface area contributed by atoms with Crippen molar-refractivity contribution in [3.05, 3.63) is 32.2 Å². The molecule has 0 atom stereocenters. The zero-order chi connectivity index (χ0) is 12.5. The summed E-state index contributed by atoms with van der Waals surface area (Å²) in [7, 11) is 0. The van der Waals surface area contributed by atoms with Crippen molar-refractivity contribution in [3.63, 3.8) is 0 Å². The first-order valence-corrected chi connectivity index (χ1v) is 8.62. The van der Waals surface area contributed by atoms with Gasteiger partial charge < -0.3 is 5.73 Å². The number of hydrogen-bond donors (Lipinski definition) is 1. The Morgan fingerprint density at radius 1 is 1.33 bits per heavy atom. The molecule has 0 aromatic carbocycles. The van der Waals surface area contributed by atoms with Crippen LogP contribution < -0.4 is 5.73 Å². The number of hydrogen-bond acceptors (Lipinski definition) is 6. The van der Waals surface area contributed by atoms with E-state index in [1.54, 1.807) is 34.4 Å². The van der Waals surface area contributed by atoms with Crippen LogP contribution in [0.3, 0.4) is 0 Å². The van der Waals surface area contributed by atoms with Crippen molar-refractivity contribution in [2.24, 2.45) is 0 Å². The predicted octanol–water partition coefficient (Wildman–Crippen LogP) is 4.39. The quantitative estimate of drug-likeness (QED) is 0.557. The minimum atomic E-state index is 0.566. The molecular weight excluding hydrogens is 350 g/mol. The van der Waals surface area contributed by atoms with Gasteiger partial charge in [-0.15, -0.1) is 22.7 Å². The Hall–Kier alpha value is -0.630. The van der Waals surface area contributed by atoms with Crippen LogP contribution in [0.4, 0.5) is 5.82 Å². The molecule has 0 saturated heterocycles. The summed E-state index contributed by atoms with van der Waals surface area (Å²) in [4.78, 5) is 11.1. The van der Waals surface area contributed by atoms with Gasteiger partial charge in [-0.25, -0.2) is 9.97 Å². The van der Waals surface area contributed by atoms with E-state index in [1.807, 2.05) is 11.4 Å². The maximum Gasteiger partial charge on any atom is 0.191 e. The van der Waals surface area contributed by atoms with Crippen LogP contribution in [0.2, 0.25) is 0 Å².